The van der Waals surface area contributed by atoms with Gasteiger partial charge in [-0.05, 0) is 24.5 Å². The van der Waals surface area contributed by atoms with Crippen LogP contribution < -0.4 is 5.56 Å². The molecule has 0 fully saturated rings. The van der Waals surface area contributed by atoms with Crippen LogP contribution in [0.1, 0.15) is 36.7 Å². The summed E-state index contributed by atoms with van der Waals surface area (Å²) in [6.07, 6.45) is 3.93. The Bertz CT molecular complexity index is 991. The average Bonchev–Trinajstić information content (AvgIpc) is 3.12. The number of rotatable bonds is 5. The Labute approximate surface area is 150 Å². The van der Waals surface area contributed by atoms with Gasteiger partial charge in [0.15, 0.2) is 17.2 Å². The molecule has 2 aromatic heterocycles. The molecular weight excluding hydrogens is 332 g/mol. The van der Waals surface area contributed by atoms with Crippen LogP contribution in [-0.2, 0) is 16.1 Å². The van der Waals surface area contributed by atoms with Gasteiger partial charge in [-0.15, -0.1) is 5.10 Å². The van der Waals surface area contributed by atoms with Crippen LogP contribution in [0.4, 0.5) is 0 Å². The van der Waals surface area contributed by atoms with Crippen molar-refractivity contribution in [2.24, 2.45) is 0 Å². The maximum absolute atomic E-state index is 12.4. The van der Waals surface area contributed by atoms with Crippen molar-refractivity contribution in [3.8, 4) is 0 Å². The molecule has 1 aliphatic heterocycles. The van der Waals surface area contributed by atoms with Crippen LogP contribution in [0.25, 0.3) is 11.1 Å². The molecule has 26 heavy (non-hydrogen) atoms. The molecule has 1 atom stereocenters. The molecule has 7 nitrogen and oxygen atoms in total. The maximum Gasteiger partial charge on any atom is 0.277 e. The molecule has 0 bridgehead atoms. The van der Waals surface area contributed by atoms with E-state index < -0.39 is 0 Å². The van der Waals surface area contributed by atoms with Crippen LogP contribution in [0.15, 0.2) is 47.4 Å². The summed E-state index contributed by atoms with van der Waals surface area (Å²) in [6, 6.07) is 9.89. The summed E-state index contributed by atoms with van der Waals surface area (Å²) in [5, 5.41) is 4.58. The number of nitrogens with zero attached hydrogens (tertiary/aromatic N) is 3. The van der Waals surface area contributed by atoms with Crippen LogP contribution >= 0.6 is 0 Å². The first-order valence-corrected chi connectivity index (χ1v) is 8.63. The van der Waals surface area contributed by atoms with Crippen LogP contribution in [-0.4, -0.2) is 32.8 Å². The van der Waals surface area contributed by atoms with Crippen molar-refractivity contribution in [1.82, 2.24) is 19.6 Å². The molecule has 0 amide bonds. The predicted octanol–water partition coefficient (Wildman–Crippen LogP) is 2.50. The van der Waals surface area contributed by atoms with Crippen LogP contribution in [0.2, 0.25) is 0 Å². The molecular formula is C19H20N4O3. The molecule has 0 saturated heterocycles. The van der Waals surface area contributed by atoms with Crippen molar-refractivity contribution >= 4 is 11.1 Å². The lowest BCUT2D eigenvalue weighted by Crippen LogP contribution is -2.19. The van der Waals surface area contributed by atoms with Crippen molar-refractivity contribution in [3.05, 3.63) is 70.2 Å². The highest BCUT2D eigenvalue weighted by Gasteiger charge is 2.17. The van der Waals surface area contributed by atoms with Crippen molar-refractivity contribution in [3.63, 3.8) is 0 Å². The summed E-state index contributed by atoms with van der Waals surface area (Å²) in [7, 11) is 0. The molecule has 134 valence electrons. The van der Waals surface area contributed by atoms with Crippen molar-refractivity contribution in [2.75, 3.05) is 13.2 Å². The molecule has 1 unspecified atom stereocenters. The lowest BCUT2D eigenvalue weighted by atomic mass is 10.1. The van der Waals surface area contributed by atoms with Crippen LogP contribution in [0.3, 0.4) is 0 Å². The Morgan fingerprint density at radius 1 is 1.35 bits per heavy atom. The highest BCUT2D eigenvalue weighted by Crippen LogP contribution is 2.21. The lowest BCUT2D eigenvalue weighted by molar-refractivity contribution is 0.0457. The maximum atomic E-state index is 12.4. The fourth-order valence-corrected chi connectivity index (χ4v) is 2.92. The van der Waals surface area contributed by atoms with Crippen molar-refractivity contribution in [2.45, 2.75) is 26.1 Å². The summed E-state index contributed by atoms with van der Waals surface area (Å²) >= 11 is 0. The zero-order chi connectivity index (χ0) is 17.9. The first kappa shape index (κ1) is 16.7. The number of ether oxygens (including phenoxy) is 2. The SMILES string of the molecule is CC(OCc1ccccc1)c1nn2c(C3=CCOCC3)ncc2c(=O)[nH]1. The minimum absolute atomic E-state index is 0.225. The summed E-state index contributed by atoms with van der Waals surface area (Å²) in [6.45, 7) is 3.52. The molecule has 3 aromatic rings. The zero-order valence-corrected chi connectivity index (χ0v) is 14.5. The van der Waals surface area contributed by atoms with E-state index in [4.69, 9.17) is 9.47 Å². The molecule has 0 aliphatic carbocycles. The predicted molar refractivity (Wildman–Crippen MR) is 96.7 cm³/mol. The van der Waals surface area contributed by atoms with E-state index in [1.807, 2.05) is 43.3 Å². The molecule has 1 N–H and O–H groups in total. The van der Waals surface area contributed by atoms with E-state index in [1.165, 1.54) is 0 Å². The monoisotopic (exact) mass is 352 g/mol. The van der Waals surface area contributed by atoms with Gasteiger partial charge in [-0.2, -0.15) is 0 Å². The Morgan fingerprint density at radius 3 is 2.96 bits per heavy atom. The number of benzene rings is 1. The normalized spacial score (nSPS) is 15.8. The summed E-state index contributed by atoms with van der Waals surface area (Å²) < 4.78 is 12.8. The number of imidazole rings is 1. The van der Waals surface area contributed by atoms with Gasteiger partial charge in [-0.3, -0.25) is 4.79 Å². The molecule has 0 saturated carbocycles. The molecule has 1 aromatic carbocycles. The Hall–Kier alpha value is -2.77. The fourth-order valence-electron chi connectivity index (χ4n) is 2.92. The van der Waals surface area contributed by atoms with Gasteiger partial charge in [-0.25, -0.2) is 9.50 Å². The van der Waals surface area contributed by atoms with Crippen molar-refractivity contribution < 1.29 is 9.47 Å². The topological polar surface area (TPSA) is 81.5 Å². The van der Waals surface area contributed by atoms with E-state index in [9.17, 15) is 4.79 Å². The number of hydrogen-bond acceptors (Lipinski definition) is 5. The Kier molecular flexibility index (Phi) is 4.64. The molecule has 3 heterocycles. The van der Waals surface area contributed by atoms with Gasteiger partial charge < -0.3 is 14.5 Å². The van der Waals surface area contributed by atoms with Gasteiger partial charge in [0.05, 0.1) is 26.0 Å². The molecule has 1 aliphatic rings. The second-order valence-electron chi connectivity index (χ2n) is 6.21. The number of aromatic nitrogens is 4. The molecule has 0 spiro atoms. The largest absolute Gasteiger partial charge is 0.377 e. The highest BCUT2D eigenvalue weighted by molar-refractivity contribution is 5.64. The fraction of sp³-hybridized carbons (Fsp3) is 0.316. The third-order valence-electron chi connectivity index (χ3n) is 4.40. The minimum atomic E-state index is -0.355. The number of aromatic amines is 1. The van der Waals surface area contributed by atoms with E-state index >= 15 is 0 Å². The van der Waals surface area contributed by atoms with E-state index in [-0.39, 0.29) is 11.7 Å². The number of fused-ring (bicyclic) bond motifs is 1. The van der Waals surface area contributed by atoms with Gasteiger partial charge in [-0.1, -0.05) is 36.4 Å². The second-order valence-corrected chi connectivity index (χ2v) is 6.21. The number of hydrogen-bond donors (Lipinski definition) is 1. The Morgan fingerprint density at radius 2 is 2.19 bits per heavy atom. The van der Waals surface area contributed by atoms with Gasteiger partial charge in [0, 0.05) is 0 Å². The summed E-state index contributed by atoms with van der Waals surface area (Å²) in [4.78, 5) is 19.6. The summed E-state index contributed by atoms with van der Waals surface area (Å²) in [5.41, 5.74) is 2.31. The first-order chi connectivity index (χ1) is 12.7. The van der Waals surface area contributed by atoms with Gasteiger partial charge in [0.1, 0.15) is 6.10 Å². The van der Waals surface area contributed by atoms with Gasteiger partial charge >= 0.3 is 0 Å². The number of H-pyrrole nitrogens is 1. The first-order valence-electron chi connectivity index (χ1n) is 8.63. The van der Waals surface area contributed by atoms with Gasteiger partial charge in [0.25, 0.3) is 5.56 Å². The van der Waals surface area contributed by atoms with Crippen molar-refractivity contribution in [1.29, 1.82) is 0 Å². The van der Waals surface area contributed by atoms with E-state index in [0.29, 0.717) is 37.0 Å². The van der Waals surface area contributed by atoms with E-state index in [2.05, 4.69) is 15.1 Å². The number of nitrogens with one attached hydrogen (secondary N) is 1. The van der Waals surface area contributed by atoms with Crippen LogP contribution in [0.5, 0.6) is 0 Å². The molecule has 7 heteroatoms. The molecule has 4 rings (SSSR count). The molecule has 0 radical (unpaired) electrons. The minimum Gasteiger partial charge on any atom is -0.377 e. The smallest absolute Gasteiger partial charge is 0.277 e. The zero-order valence-electron chi connectivity index (χ0n) is 14.5. The second kappa shape index (κ2) is 7.23. The van der Waals surface area contributed by atoms with E-state index in [1.54, 1.807) is 10.7 Å². The standard InChI is InChI=1S/C19H20N4O3/c1-13(26-12-14-5-3-2-4-6-14)17-21-19(24)16-11-20-18(23(16)22-17)15-7-9-25-10-8-15/h2-7,11,13H,8-10,12H2,1H3,(H,21,22,24). The van der Waals surface area contributed by atoms with Gasteiger partial charge in [0.2, 0.25) is 0 Å². The average molecular weight is 352 g/mol. The highest BCUT2D eigenvalue weighted by atomic mass is 16.5. The van der Waals surface area contributed by atoms with Crippen LogP contribution in [0, 0.1) is 0 Å². The third kappa shape index (κ3) is 3.31. The Balaban J connectivity index is 1.63. The lowest BCUT2D eigenvalue weighted by Gasteiger charge is -2.14. The third-order valence-corrected chi connectivity index (χ3v) is 4.40. The summed E-state index contributed by atoms with van der Waals surface area (Å²) in [5.74, 6) is 1.16. The quantitative estimate of drug-likeness (QED) is 0.763. The van der Waals surface area contributed by atoms with E-state index in [0.717, 1.165) is 17.6 Å².